The van der Waals surface area contributed by atoms with Crippen molar-refractivity contribution in [2.45, 2.75) is 201 Å². The van der Waals surface area contributed by atoms with Gasteiger partial charge in [0.2, 0.25) is 0 Å². The number of fused-ring (bicyclic) bond motifs is 7. The van der Waals surface area contributed by atoms with Crippen LogP contribution in [0, 0.1) is 52.3 Å². The molecule has 0 radical (unpaired) electrons. The molecule has 4 aliphatic heterocycles. The summed E-state index contributed by atoms with van der Waals surface area (Å²) in [7, 11) is 0. The van der Waals surface area contributed by atoms with E-state index in [1.165, 1.54) is 0 Å². The van der Waals surface area contributed by atoms with Crippen molar-refractivity contribution in [3.63, 3.8) is 0 Å². The maximum atomic E-state index is 12.0. The van der Waals surface area contributed by atoms with Crippen molar-refractivity contribution in [3.05, 3.63) is 0 Å². The molecule has 21 heteroatoms. The van der Waals surface area contributed by atoms with Crippen LogP contribution in [0.15, 0.2) is 0 Å². The van der Waals surface area contributed by atoms with Crippen LogP contribution < -0.4 is 0 Å². The standard InChI is InChI=1S/C45H76O21/c1-17(16-60-40-36(56)33(53)31(51)27(13-46)62-40)5-8-45(59)18(2)30-26(66-45)10-21-19-9-23(49)22-11-25(24(50)12-44(22,4)20(19)6-7-43(21,30)3)61-41-38(58)35(55)39(29(15-48)64-41)65-42-37(57)34(54)32(52)28(14-47)63-42/h17-42,46-59H,5-16H2,1-4H3. The molecule has 8 aliphatic rings. The Labute approximate surface area is 384 Å². The highest BCUT2D eigenvalue weighted by Crippen LogP contribution is 2.71. The largest absolute Gasteiger partial charge is 0.394 e. The van der Waals surface area contributed by atoms with Crippen molar-refractivity contribution in [2.24, 2.45) is 52.3 Å². The van der Waals surface area contributed by atoms with E-state index in [4.69, 9.17) is 33.2 Å². The number of ether oxygens (including phenoxy) is 7. The Hall–Kier alpha value is -0.840. The van der Waals surface area contributed by atoms with Crippen molar-refractivity contribution in [1.29, 1.82) is 0 Å². The van der Waals surface area contributed by atoms with Crippen LogP contribution in [0.3, 0.4) is 0 Å². The van der Waals surface area contributed by atoms with Gasteiger partial charge in [-0.1, -0.05) is 27.7 Å². The number of rotatable bonds is 13. The fourth-order valence-electron chi connectivity index (χ4n) is 14.3. The summed E-state index contributed by atoms with van der Waals surface area (Å²) in [6, 6.07) is 0. The van der Waals surface area contributed by atoms with E-state index in [0.29, 0.717) is 25.7 Å². The number of aliphatic hydroxyl groups excluding tert-OH is 13. The summed E-state index contributed by atoms with van der Waals surface area (Å²) in [5, 5.41) is 149. The molecule has 4 aliphatic carbocycles. The lowest BCUT2D eigenvalue weighted by atomic mass is 9.43. The van der Waals surface area contributed by atoms with Crippen LogP contribution in [0.1, 0.15) is 79.1 Å². The van der Waals surface area contributed by atoms with Crippen molar-refractivity contribution in [2.75, 3.05) is 26.4 Å². The van der Waals surface area contributed by atoms with E-state index in [9.17, 15) is 71.5 Å². The predicted molar refractivity (Wildman–Crippen MR) is 222 cm³/mol. The van der Waals surface area contributed by atoms with Gasteiger partial charge in [-0.3, -0.25) is 0 Å². The highest BCUT2D eigenvalue weighted by Gasteiger charge is 2.69. The van der Waals surface area contributed by atoms with Crippen molar-refractivity contribution in [1.82, 2.24) is 0 Å². The molecule has 0 aromatic heterocycles. The summed E-state index contributed by atoms with van der Waals surface area (Å²) < 4.78 is 41.0. The molecule has 4 saturated carbocycles. The molecule has 0 aromatic carbocycles. The van der Waals surface area contributed by atoms with Crippen LogP contribution in [0.2, 0.25) is 0 Å². The van der Waals surface area contributed by atoms with E-state index < -0.39 is 141 Å². The molecule has 29 unspecified atom stereocenters. The minimum Gasteiger partial charge on any atom is -0.394 e. The van der Waals surface area contributed by atoms with E-state index in [0.717, 1.165) is 19.3 Å². The monoisotopic (exact) mass is 952 g/mol. The van der Waals surface area contributed by atoms with Crippen molar-refractivity contribution >= 4 is 0 Å². The minimum atomic E-state index is -1.81. The molecule has 66 heavy (non-hydrogen) atoms. The quantitative estimate of drug-likeness (QED) is 0.0786. The van der Waals surface area contributed by atoms with Crippen LogP contribution in [-0.2, 0) is 33.2 Å². The van der Waals surface area contributed by atoms with E-state index in [1.807, 2.05) is 13.8 Å². The average Bonchev–Trinajstić information content (AvgIpc) is 3.72. The summed E-state index contributed by atoms with van der Waals surface area (Å²) in [6.07, 6.45) is -21.5. The molecular weight excluding hydrogens is 876 g/mol. The first kappa shape index (κ1) is 51.5. The Balaban J connectivity index is 0.868. The van der Waals surface area contributed by atoms with Crippen LogP contribution in [0.4, 0.5) is 0 Å². The fourth-order valence-corrected chi connectivity index (χ4v) is 14.3. The number of hydrogen-bond donors (Lipinski definition) is 14. The van der Waals surface area contributed by atoms with Crippen molar-refractivity contribution in [3.8, 4) is 0 Å². The number of hydrogen-bond acceptors (Lipinski definition) is 21. The summed E-state index contributed by atoms with van der Waals surface area (Å²) in [4.78, 5) is 0. The van der Waals surface area contributed by atoms with Gasteiger partial charge in [0.05, 0.1) is 50.8 Å². The summed E-state index contributed by atoms with van der Waals surface area (Å²) in [5.74, 6) is -1.42. The zero-order valence-electron chi connectivity index (χ0n) is 38.1. The van der Waals surface area contributed by atoms with Gasteiger partial charge >= 0.3 is 0 Å². The average molecular weight is 953 g/mol. The normalized spacial score (nSPS) is 56.5. The molecular formula is C45H76O21. The van der Waals surface area contributed by atoms with Gasteiger partial charge in [0.15, 0.2) is 24.7 Å². The Morgan fingerprint density at radius 1 is 0.621 bits per heavy atom. The first-order valence-electron chi connectivity index (χ1n) is 24.0. The zero-order valence-corrected chi connectivity index (χ0v) is 38.1. The Bertz CT molecular complexity index is 1630. The molecule has 8 fully saturated rings. The first-order valence-corrected chi connectivity index (χ1v) is 24.0. The van der Waals surface area contributed by atoms with Gasteiger partial charge in [0.25, 0.3) is 0 Å². The molecule has 0 spiro atoms. The fraction of sp³-hybridized carbons (Fsp3) is 1.00. The van der Waals surface area contributed by atoms with Gasteiger partial charge in [-0.05, 0) is 91.3 Å². The molecule has 4 heterocycles. The van der Waals surface area contributed by atoms with Crippen LogP contribution in [0.5, 0.6) is 0 Å². The summed E-state index contributed by atoms with van der Waals surface area (Å²) in [6.45, 7) is 6.52. The smallest absolute Gasteiger partial charge is 0.187 e. The van der Waals surface area contributed by atoms with Gasteiger partial charge in [-0.25, -0.2) is 0 Å². The third-order valence-electron chi connectivity index (χ3n) is 18.0. The van der Waals surface area contributed by atoms with E-state index >= 15 is 0 Å². The molecule has 0 bridgehead atoms. The molecule has 382 valence electrons. The highest BCUT2D eigenvalue weighted by molar-refractivity contribution is 5.16. The Morgan fingerprint density at radius 2 is 1.20 bits per heavy atom. The molecule has 29 atom stereocenters. The molecule has 8 rings (SSSR count). The predicted octanol–water partition coefficient (Wildman–Crippen LogP) is -3.84. The number of aliphatic hydroxyl groups is 14. The maximum Gasteiger partial charge on any atom is 0.187 e. The highest BCUT2D eigenvalue weighted by atomic mass is 16.7. The summed E-state index contributed by atoms with van der Waals surface area (Å²) >= 11 is 0. The molecule has 21 nitrogen and oxygen atoms in total. The first-order chi connectivity index (χ1) is 31.1. The second-order valence-electron chi connectivity index (χ2n) is 21.7. The molecule has 14 N–H and O–H groups in total. The molecule has 0 amide bonds. The lowest BCUT2D eigenvalue weighted by Crippen LogP contribution is -2.65. The molecule has 4 saturated heterocycles. The summed E-state index contributed by atoms with van der Waals surface area (Å²) in [5.41, 5.74) is -0.663. The van der Waals surface area contributed by atoms with Gasteiger partial charge in [0.1, 0.15) is 73.2 Å². The minimum absolute atomic E-state index is 0.0637. The van der Waals surface area contributed by atoms with Crippen LogP contribution >= 0.6 is 0 Å². The Morgan fingerprint density at radius 3 is 1.83 bits per heavy atom. The van der Waals surface area contributed by atoms with Crippen molar-refractivity contribution < 1.29 is 105 Å². The van der Waals surface area contributed by atoms with E-state index in [1.54, 1.807) is 0 Å². The zero-order chi connectivity index (χ0) is 47.9. The Kier molecular flexibility index (Phi) is 15.3. The van der Waals surface area contributed by atoms with Gasteiger partial charge in [-0.15, -0.1) is 0 Å². The molecule has 0 aromatic rings. The maximum absolute atomic E-state index is 12.0. The lowest BCUT2D eigenvalue weighted by Gasteiger charge is -2.63. The van der Waals surface area contributed by atoms with Crippen LogP contribution in [0.25, 0.3) is 0 Å². The van der Waals surface area contributed by atoms with E-state index in [-0.39, 0.29) is 66.0 Å². The third kappa shape index (κ3) is 8.84. The van der Waals surface area contributed by atoms with Gasteiger partial charge < -0.3 is 105 Å². The SMILES string of the molecule is CC(CCC1(O)OC2CC3C4CC(O)C5CC(OC6OC(CO)C(OC7OC(CO)C(O)C(O)C7O)C(O)C6O)C(O)CC5(C)C4CCC3(C)C2C1C)COC1OC(CO)C(O)C(O)C1O. The van der Waals surface area contributed by atoms with Crippen LogP contribution in [-0.4, -0.2) is 220 Å². The second-order valence-corrected chi connectivity index (χ2v) is 21.7. The third-order valence-corrected chi connectivity index (χ3v) is 18.0. The van der Waals surface area contributed by atoms with Gasteiger partial charge in [0, 0.05) is 12.3 Å². The topological polar surface area (TPSA) is 348 Å². The van der Waals surface area contributed by atoms with Gasteiger partial charge in [-0.2, -0.15) is 0 Å². The lowest BCUT2D eigenvalue weighted by molar-refractivity contribution is -0.367. The second kappa shape index (κ2) is 19.6. The van der Waals surface area contributed by atoms with E-state index in [2.05, 4.69) is 13.8 Å².